The van der Waals surface area contributed by atoms with Crippen LogP contribution in [0.25, 0.3) is 0 Å². The molecule has 0 bridgehead atoms. The minimum Gasteiger partial charge on any atom is -0.394 e. The van der Waals surface area contributed by atoms with Crippen LogP contribution in [-0.2, 0) is 8.85 Å². The van der Waals surface area contributed by atoms with Crippen molar-refractivity contribution in [3.8, 4) is 0 Å². The van der Waals surface area contributed by atoms with E-state index in [1.807, 2.05) is 20.8 Å². The average molecular weight is 234 g/mol. The molecule has 0 aliphatic carbocycles. The molecule has 0 amide bonds. The van der Waals surface area contributed by atoms with Crippen LogP contribution in [0.15, 0.2) is 0 Å². The van der Waals surface area contributed by atoms with Gasteiger partial charge in [0.05, 0.1) is 0 Å². The molecule has 2 unspecified atom stereocenters. The van der Waals surface area contributed by atoms with Gasteiger partial charge >= 0.3 is 8.56 Å². The summed E-state index contributed by atoms with van der Waals surface area (Å²) in [5.41, 5.74) is 11.9. The molecule has 5 heteroatoms. The first-order chi connectivity index (χ1) is 7.01. The van der Waals surface area contributed by atoms with Crippen molar-refractivity contribution in [1.29, 1.82) is 0 Å². The van der Waals surface area contributed by atoms with Crippen molar-refractivity contribution in [2.24, 2.45) is 11.5 Å². The van der Waals surface area contributed by atoms with E-state index in [0.29, 0.717) is 19.8 Å². The molecule has 0 radical (unpaired) electrons. The Morgan fingerprint density at radius 3 is 1.93 bits per heavy atom. The van der Waals surface area contributed by atoms with E-state index in [9.17, 15) is 0 Å². The molecule has 0 fully saturated rings. The number of hydrogen-bond donors (Lipinski definition) is 2. The summed E-state index contributed by atoms with van der Waals surface area (Å²) in [7, 11) is -2.17. The van der Waals surface area contributed by atoms with Crippen molar-refractivity contribution in [3.63, 3.8) is 0 Å². The highest BCUT2D eigenvalue weighted by molar-refractivity contribution is 6.67. The Hall–Kier alpha value is 0.0569. The molecule has 4 nitrogen and oxygen atoms in total. The summed E-state index contributed by atoms with van der Waals surface area (Å²) in [5.74, 6) is 0. The van der Waals surface area contributed by atoms with E-state index in [2.05, 4.69) is 6.55 Å². The third-order valence-electron chi connectivity index (χ3n) is 2.65. The molecule has 0 saturated carbocycles. The molecule has 0 heterocycles. The van der Waals surface area contributed by atoms with Gasteiger partial charge in [0.1, 0.15) is 0 Å². The van der Waals surface area contributed by atoms with E-state index in [-0.39, 0.29) is 11.6 Å². The highest BCUT2D eigenvalue weighted by Gasteiger charge is 2.42. The first-order valence-electron chi connectivity index (χ1n) is 5.75. The van der Waals surface area contributed by atoms with Crippen LogP contribution in [0.3, 0.4) is 0 Å². The number of nitrogens with two attached hydrogens (primary N) is 2. The topological polar surface area (TPSA) is 70.5 Å². The van der Waals surface area contributed by atoms with Crippen molar-refractivity contribution >= 4 is 8.56 Å². The van der Waals surface area contributed by atoms with E-state index in [4.69, 9.17) is 20.3 Å². The Labute approximate surface area is 94.6 Å². The van der Waals surface area contributed by atoms with E-state index in [1.54, 1.807) is 0 Å². The lowest BCUT2D eigenvalue weighted by molar-refractivity contribution is 0.173. The predicted octanol–water partition coefficient (Wildman–Crippen LogP) is 1.20. The lowest BCUT2D eigenvalue weighted by atomic mass is 10.2. The van der Waals surface area contributed by atoms with E-state index < -0.39 is 8.56 Å². The van der Waals surface area contributed by atoms with Crippen LogP contribution in [0, 0.1) is 0 Å². The molecule has 92 valence electrons. The summed E-state index contributed by atoms with van der Waals surface area (Å²) in [6.45, 7) is 10.1. The largest absolute Gasteiger partial charge is 0.394 e. The standard InChI is InChI=1S/C10H26N2O2Si/c1-5-13-15(4,14-6-2)10(7-8-11)9(3)12/h9-10H,5-8,11-12H2,1-4H3. The van der Waals surface area contributed by atoms with Crippen LogP contribution in [0.1, 0.15) is 27.2 Å². The molecule has 0 rings (SSSR count). The molecular formula is C10H26N2O2Si. The van der Waals surface area contributed by atoms with Crippen LogP contribution in [0.4, 0.5) is 0 Å². The zero-order chi connectivity index (χ0) is 11.9. The normalized spacial score (nSPS) is 16.4. The van der Waals surface area contributed by atoms with Crippen LogP contribution >= 0.6 is 0 Å². The first-order valence-corrected chi connectivity index (χ1v) is 8.14. The molecule has 4 N–H and O–H groups in total. The van der Waals surface area contributed by atoms with Gasteiger partial charge in [0, 0.05) is 24.8 Å². The maximum absolute atomic E-state index is 5.99. The Balaban J connectivity index is 4.64. The Morgan fingerprint density at radius 1 is 1.20 bits per heavy atom. The van der Waals surface area contributed by atoms with Gasteiger partial charge in [-0.3, -0.25) is 0 Å². The monoisotopic (exact) mass is 234 g/mol. The Bertz CT molecular complexity index is 162. The molecule has 0 saturated heterocycles. The van der Waals surface area contributed by atoms with Gasteiger partial charge in [-0.05, 0) is 40.3 Å². The van der Waals surface area contributed by atoms with Gasteiger partial charge in [-0.1, -0.05) is 0 Å². The second kappa shape index (κ2) is 7.35. The minimum atomic E-state index is -2.17. The van der Waals surface area contributed by atoms with Gasteiger partial charge in [0.15, 0.2) is 0 Å². The maximum Gasteiger partial charge on any atom is 0.339 e. The quantitative estimate of drug-likeness (QED) is 0.619. The first kappa shape index (κ1) is 15.1. The van der Waals surface area contributed by atoms with Crippen molar-refractivity contribution in [3.05, 3.63) is 0 Å². The molecule has 0 spiro atoms. The zero-order valence-corrected chi connectivity index (χ0v) is 11.5. The highest BCUT2D eigenvalue weighted by Crippen LogP contribution is 2.29. The van der Waals surface area contributed by atoms with E-state index in [0.717, 1.165) is 6.42 Å². The van der Waals surface area contributed by atoms with Gasteiger partial charge < -0.3 is 20.3 Å². The molecule has 2 atom stereocenters. The summed E-state index contributed by atoms with van der Waals surface area (Å²) < 4.78 is 11.7. The molecule has 0 aromatic rings. The molecule has 15 heavy (non-hydrogen) atoms. The van der Waals surface area contributed by atoms with Crippen molar-refractivity contribution in [1.82, 2.24) is 0 Å². The molecule has 0 aliphatic rings. The zero-order valence-electron chi connectivity index (χ0n) is 10.5. The molecule has 0 aromatic carbocycles. The maximum atomic E-state index is 5.99. The summed E-state index contributed by atoms with van der Waals surface area (Å²) in [6, 6.07) is 0.0725. The highest BCUT2D eigenvalue weighted by atomic mass is 28.4. The van der Waals surface area contributed by atoms with Crippen LogP contribution in [-0.4, -0.2) is 34.4 Å². The fourth-order valence-electron chi connectivity index (χ4n) is 2.01. The van der Waals surface area contributed by atoms with Gasteiger partial charge in [-0.2, -0.15) is 0 Å². The number of hydrogen-bond acceptors (Lipinski definition) is 4. The third kappa shape index (κ3) is 4.61. The van der Waals surface area contributed by atoms with Crippen molar-refractivity contribution in [2.75, 3.05) is 19.8 Å². The minimum absolute atomic E-state index is 0.0725. The SMILES string of the molecule is CCO[Si](C)(OCC)C(CCN)C(C)N. The summed E-state index contributed by atoms with van der Waals surface area (Å²) in [5, 5.41) is 0. The Morgan fingerprint density at radius 2 is 1.67 bits per heavy atom. The van der Waals surface area contributed by atoms with E-state index in [1.165, 1.54) is 0 Å². The smallest absolute Gasteiger partial charge is 0.339 e. The lowest BCUT2D eigenvalue weighted by Gasteiger charge is -2.36. The third-order valence-corrected chi connectivity index (χ3v) is 6.53. The fourth-order valence-corrected chi connectivity index (χ4v) is 5.32. The van der Waals surface area contributed by atoms with Crippen molar-refractivity contribution < 1.29 is 8.85 Å². The van der Waals surface area contributed by atoms with Crippen molar-refractivity contribution in [2.45, 2.75) is 45.3 Å². The van der Waals surface area contributed by atoms with E-state index >= 15 is 0 Å². The van der Waals surface area contributed by atoms with Gasteiger partial charge in [-0.25, -0.2) is 0 Å². The summed E-state index contributed by atoms with van der Waals surface area (Å²) in [6.07, 6.45) is 0.875. The lowest BCUT2D eigenvalue weighted by Crippen LogP contribution is -2.50. The van der Waals surface area contributed by atoms with Crippen LogP contribution in [0.2, 0.25) is 12.1 Å². The van der Waals surface area contributed by atoms with Gasteiger partial charge in [0.2, 0.25) is 0 Å². The average Bonchev–Trinajstić information content (AvgIpc) is 2.14. The van der Waals surface area contributed by atoms with Gasteiger partial charge in [0.25, 0.3) is 0 Å². The van der Waals surface area contributed by atoms with Crippen LogP contribution in [0.5, 0.6) is 0 Å². The molecular weight excluding hydrogens is 208 g/mol. The predicted molar refractivity (Wildman–Crippen MR) is 65.9 cm³/mol. The number of rotatable bonds is 8. The second-order valence-electron chi connectivity index (χ2n) is 3.92. The van der Waals surface area contributed by atoms with Crippen LogP contribution < -0.4 is 11.5 Å². The fraction of sp³-hybridized carbons (Fsp3) is 1.00. The summed E-state index contributed by atoms with van der Waals surface area (Å²) >= 11 is 0. The van der Waals surface area contributed by atoms with Gasteiger partial charge in [-0.15, -0.1) is 0 Å². The second-order valence-corrected chi connectivity index (χ2v) is 7.28. The molecule has 0 aromatic heterocycles. The molecule has 0 aliphatic heterocycles. The summed E-state index contributed by atoms with van der Waals surface area (Å²) in [4.78, 5) is 0. The Kier molecular flexibility index (Phi) is 7.38.